The molecule has 1 aromatic carbocycles. The minimum atomic E-state index is -4.74. The Hall–Kier alpha value is -4.16. The number of ether oxygens (including phenoxy) is 2. The summed E-state index contributed by atoms with van der Waals surface area (Å²) in [6.07, 6.45) is 0.152. The molecule has 258 valence electrons. The van der Waals surface area contributed by atoms with E-state index >= 15 is 0 Å². The smallest absolute Gasteiger partial charge is 0.416 e. The Balaban J connectivity index is 1.40. The molecule has 0 bridgehead atoms. The molecule has 0 saturated heterocycles. The first-order valence-corrected chi connectivity index (χ1v) is 16.5. The topological polar surface area (TPSA) is 103 Å². The molecule has 0 spiro atoms. The second kappa shape index (κ2) is 11.8. The molecule has 3 aromatic rings. The van der Waals surface area contributed by atoms with Crippen LogP contribution in [0.3, 0.4) is 0 Å². The number of nitrogens with zero attached hydrogens (tertiary/aromatic N) is 6. The lowest BCUT2D eigenvalue weighted by molar-refractivity contribution is -0.138. The summed E-state index contributed by atoms with van der Waals surface area (Å²) in [4.78, 5) is 34.8. The summed E-state index contributed by atoms with van der Waals surface area (Å²) in [5.74, 6) is 1.04. The van der Waals surface area contributed by atoms with Crippen LogP contribution in [0.4, 0.5) is 23.8 Å². The van der Waals surface area contributed by atoms with Crippen molar-refractivity contribution in [3.05, 3.63) is 64.2 Å². The molecule has 48 heavy (non-hydrogen) atoms. The van der Waals surface area contributed by atoms with Crippen molar-refractivity contribution in [3.8, 4) is 5.88 Å². The van der Waals surface area contributed by atoms with E-state index in [9.17, 15) is 22.8 Å². The maximum absolute atomic E-state index is 14.7. The Bertz CT molecular complexity index is 1740. The highest BCUT2D eigenvalue weighted by Gasteiger charge is 2.49. The molecule has 3 heterocycles. The number of halogens is 3. The molecule has 2 aromatic heterocycles. The molecule has 0 unspecified atom stereocenters. The highest BCUT2D eigenvalue weighted by molar-refractivity contribution is 6.10. The number of fused-ring (bicyclic) bond motifs is 1. The minimum absolute atomic E-state index is 0.0619. The Morgan fingerprint density at radius 2 is 1.83 bits per heavy atom. The summed E-state index contributed by atoms with van der Waals surface area (Å²) in [7, 11) is 1.87. The standard InChI is InChI=1S/C35H43F3N6O4/c1-8-47-28-15-23(34(16-21(2)17-34)30-41-39-20-42(30)7)14-27(40-28)43-19-25-24(29(43)45)12-22(13-26(25)35(36,37)38)18-44(33(6)10-9-11-33)31(46)48-32(3,4)5/h12-15,20-21H,8-11,16-19H2,1-7H3. The molecule has 13 heteroatoms. The molecule has 3 aliphatic rings. The van der Waals surface area contributed by atoms with Crippen molar-refractivity contribution in [1.82, 2.24) is 24.6 Å². The number of anilines is 1. The van der Waals surface area contributed by atoms with Gasteiger partial charge in [0.25, 0.3) is 5.91 Å². The molecule has 1 aliphatic heterocycles. The monoisotopic (exact) mass is 668 g/mol. The molecule has 10 nitrogen and oxygen atoms in total. The second-order valence-electron chi connectivity index (χ2n) is 14.8. The molecule has 2 fully saturated rings. The highest BCUT2D eigenvalue weighted by Crippen LogP contribution is 2.53. The van der Waals surface area contributed by atoms with Crippen LogP contribution in [0.5, 0.6) is 5.88 Å². The van der Waals surface area contributed by atoms with E-state index in [1.165, 1.54) is 15.9 Å². The van der Waals surface area contributed by atoms with Gasteiger partial charge in [0.1, 0.15) is 23.6 Å². The predicted octanol–water partition coefficient (Wildman–Crippen LogP) is 7.18. The van der Waals surface area contributed by atoms with Gasteiger partial charge in [0.15, 0.2) is 0 Å². The van der Waals surface area contributed by atoms with Crippen LogP contribution in [0.2, 0.25) is 0 Å². The third kappa shape index (κ3) is 6.00. The minimum Gasteiger partial charge on any atom is -0.478 e. The molecule has 0 radical (unpaired) electrons. The van der Waals surface area contributed by atoms with E-state index in [2.05, 4.69) is 22.1 Å². The maximum Gasteiger partial charge on any atom is 0.416 e. The van der Waals surface area contributed by atoms with Crippen molar-refractivity contribution >= 4 is 17.8 Å². The lowest BCUT2D eigenvalue weighted by atomic mass is 9.58. The molecule has 2 amide bonds. The number of hydrogen-bond acceptors (Lipinski definition) is 7. The van der Waals surface area contributed by atoms with Crippen LogP contribution in [0.1, 0.15) is 112 Å². The van der Waals surface area contributed by atoms with Gasteiger partial charge < -0.3 is 14.0 Å². The van der Waals surface area contributed by atoms with E-state index < -0.39 is 40.3 Å². The summed E-state index contributed by atoms with van der Waals surface area (Å²) < 4.78 is 57.4. The van der Waals surface area contributed by atoms with Gasteiger partial charge in [0, 0.05) is 30.8 Å². The van der Waals surface area contributed by atoms with Crippen LogP contribution >= 0.6 is 0 Å². The summed E-state index contributed by atoms with van der Waals surface area (Å²) in [6, 6.07) is 6.13. The molecule has 2 saturated carbocycles. The largest absolute Gasteiger partial charge is 0.478 e. The van der Waals surface area contributed by atoms with Gasteiger partial charge in [-0.05, 0) is 108 Å². The van der Waals surface area contributed by atoms with Gasteiger partial charge in [0.2, 0.25) is 5.88 Å². The van der Waals surface area contributed by atoms with Crippen LogP contribution in [-0.2, 0) is 36.5 Å². The Kier molecular flexibility index (Phi) is 8.27. The summed E-state index contributed by atoms with van der Waals surface area (Å²) >= 11 is 0. The fourth-order valence-electron chi connectivity index (χ4n) is 7.45. The van der Waals surface area contributed by atoms with E-state index in [4.69, 9.17) is 9.47 Å². The third-order valence-electron chi connectivity index (χ3n) is 9.89. The molecule has 0 atom stereocenters. The number of hydrogen-bond donors (Lipinski definition) is 0. The number of carbonyl (C=O) groups is 2. The van der Waals surface area contributed by atoms with Crippen LogP contribution in [-0.4, -0.2) is 54.4 Å². The van der Waals surface area contributed by atoms with E-state index in [0.717, 1.165) is 36.7 Å². The zero-order valence-corrected chi connectivity index (χ0v) is 28.6. The first-order valence-electron chi connectivity index (χ1n) is 16.5. The first kappa shape index (κ1) is 33.7. The van der Waals surface area contributed by atoms with Crippen LogP contribution < -0.4 is 9.64 Å². The quantitative estimate of drug-likeness (QED) is 0.251. The molecule has 2 aliphatic carbocycles. The highest BCUT2D eigenvalue weighted by atomic mass is 19.4. The normalized spacial score (nSPS) is 21.8. The van der Waals surface area contributed by atoms with E-state index in [0.29, 0.717) is 25.4 Å². The van der Waals surface area contributed by atoms with Crippen molar-refractivity contribution in [1.29, 1.82) is 0 Å². The maximum atomic E-state index is 14.7. The van der Waals surface area contributed by atoms with Crippen molar-refractivity contribution in [3.63, 3.8) is 0 Å². The number of aromatic nitrogens is 4. The first-order chi connectivity index (χ1) is 22.4. The van der Waals surface area contributed by atoms with Gasteiger partial charge in [-0.15, -0.1) is 10.2 Å². The van der Waals surface area contributed by atoms with Gasteiger partial charge in [-0.3, -0.25) is 14.6 Å². The van der Waals surface area contributed by atoms with Crippen molar-refractivity contribution in [2.45, 2.75) is 109 Å². The molecular weight excluding hydrogens is 625 g/mol. The average molecular weight is 669 g/mol. The summed E-state index contributed by atoms with van der Waals surface area (Å²) in [5, 5.41) is 8.51. The number of benzene rings is 1. The van der Waals surface area contributed by atoms with E-state index in [-0.39, 0.29) is 41.5 Å². The van der Waals surface area contributed by atoms with Crippen molar-refractivity contribution in [2.24, 2.45) is 13.0 Å². The fraction of sp³-hybridized carbons (Fsp3) is 0.571. The SMILES string of the molecule is CCOc1cc(C2(c3nncn3C)CC(C)C2)cc(N2Cc3c(cc(CN(C(=O)OC(C)(C)C)C4(C)CCC4)cc3C(F)(F)F)C2=O)n1. The number of rotatable bonds is 8. The van der Waals surface area contributed by atoms with Gasteiger partial charge in [0.05, 0.1) is 24.1 Å². The predicted molar refractivity (Wildman–Crippen MR) is 172 cm³/mol. The summed E-state index contributed by atoms with van der Waals surface area (Å²) in [6.45, 7) is 11.0. The lowest BCUT2D eigenvalue weighted by Crippen LogP contribution is -2.54. The van der Waals surface area contributed by atoms with Crippen LogP contribution in [0.15, 0.2) is 30.6 Å². The Labute approximate surface area is 278 Å². The van der Waals surface area contributed by atoms with E-state index in [1.807, 2.05) is 31.5 Å². The zero-order valence-electron chi connectivity index (χ0n) is 28.6. The van der Waals surface area contributed by atoms with Gasteiger partial charge in [-0.1, -0.05) is 6.92 Å². The lowest BCUT2D eigenvalue weighted by Gasteiger charge is -2.47. The molecular formula is C35H43F3N6O4. The van der Waals surface area contributed by atoms with Crippen molar-refractivity contribution in [2.75, 3.05) is 11.5 Å². The van der Waals surface area contributed by atoms with Crippen LogP contribution in [0, 0.1) is 5.92 Å². The Morgan fingerprint density at radius 1 is 1.12 bits per heavy atom. The molecule has 6 rings (SSSR count). The summed E-state index contributed by atoms with van der Waals surface area (Å²) in [5.41, 5.74) is -1.94. The third-order valence-corrected chi connectivity index (χ3v) is 9.89. The van der Waals surface area contributed by atoms with Crippen molar-refractivity contribution < 1.29 is 32.2 Å². The number of amides is 2. The molecule has 0 N–H and O–H groups in total. The number of carbonyl (C=O) groups excluding carboxylic acids is 2. The van der Waals surface area contributed by atoms with Gasteiger partial charge >= 0.3 is 12.3 Å². The van der Waals surface area contributed by atoms with E-state index in [1.54, 1.807) is 33.2 Å². The number of alkyl halides is 3. The number of aryl methyl sites for hydroxylation is 1. The van der Waals surface area contributed by atoms with Crippen LogP contribution in [0.25, 0.3) is 0 Å². The van der Waals surface area contributed by atoms with Gasteiger partial charge in [-0.2, -0.15) is 18.2 Å². The Morgan fingerprint density at radius 3 is 2.38 bits per heavy atom. The fourth-order valence-corrected chi connectivity index (χ4v) is 7.45. The average Bonchev–Trinajstić information content (AvgIpc) is 3.53. The number of pyridine rings is 1. The van der Waals surface area contributed by atoms with Gasteiger partial charge in [-0.25, -0.2) is 4.79 Å². The zero-order chi connectivity index (χ0) is 34.8. The second-order valence-corrected chi connectivity index (χ2v) is 14.8.